The van der Waals surface area contributed by atoms with Crippen LogP contribution in [0.25, 0.3) is 0 Å². The molecule has 6 nitrogen and oxygen atoms in total. The van der Waals surface area contributed by atoms with Gasteiger partial charge >= 0.3 is 0 Å². The van der Waals surface area contributed by atoms with Gasteiger partial charge in [0.05, 0.1) is 6.10 Å². The van der Waals surface area contributed by atoms with Gasteiger partial charge in [-0.1, -0.05) is 18.5 Å². The summed E-state index contributed by atoms with van der Waals surface area (Å²) < 4.78 is 10.6. The zero-order valence-electron chi connectivity index (χ0n) is 10.6. The number of aliphatic hydroxyl groups excluding tert-OH is 1. The summed E-state index contributed by atoms with van der Waals surface area (Å²) in [6, 6.07) is -0.653. The first kappa shape index (κ1) is 14.1. The first-order valence-electron chi connectivity index (χ1n) is 5.98. The third-order valence-corrected chi connectivity index (χ3v) is 2.47. The second-order valence-electron chi connectivity index (χ2n) is 3.99. The standard InChI is InChI=1S/C11H21N3O3/c1-4-6-8(16-5-2)10-13-11(17-14-10)9(12)7(3)15/h7-9,15H,4-6,12H2,1-3H3. The van der Waals surface area contributed by atoms with Crippen LogP contribution < -0.4 is 5.73 Å². The van der Waals surface area contributed by atoms with Crippen LogP contribution in [0.3, 0.4) is 0 Å². The van der Waals surface area contributed by atoms with Gasteiger partial charge in [-0.2, -0.15) is 4.98 Å². The highest BCUT2D eigenvalue weighted by molar-refractivity contribution is 4.96. The quantitative estimate of drug-likeness (QED) is 0.750. The van der Waals surface area contributed by atoms with E-state index in [0.29, 0.717) is 12.4 Å². The van der Waals surface area contributed by atoms with E-state index in [2.05, 4.69) is 17.1 Å². The minimum Gasteiger partial charge on any atom is -0.391 e. The number of aliphatic hydroxyl groups is 1. The van der Waals surface area contributed by atoms with Crippen LogP contribution in [0.4, 0.5) is 0 Å². The lowest BCUT2D eigenvalue weighted by Crippen LogP contribution is -2.23. The largest absolute Gasteiger partial charge is 0.391 e. The molecule has 1 aromatic rings. The number of aromatic nitrogens is 2. The van der Waals surface area contributed by atoms with Crippen molar-refractivity contribution in [3.05, 3.63) is 11.7 Å². The van der Waals surface area contributed by atoms with Gasteiger partial charge in [0.1, 0.15) is 12.1 Å². The molecule has 0 aliphatic heterocycles. The van der Waals surface area contributed by atoms with E-state index in [4.69, 9.17) is 15.0 Å². The third-order valence-electron chi connectivity index (χ3n) is 2.47. The normalized spacial score (nSPS) is 16.8. The van der Waals surface area contributed by atoms with Crippen molar-refractivity contribution in [1.29, 1.82) is 0 Å². The molecular formula is C11H21N3O3. The molecule has 3 N–H and O–H groups in total. The van der Waals surface area contributed by atoms with Crippen LogP contribution in [0.2, 0.25) is 0 Å². The maximum atomic E-state index is 9.34. The van der Waals surface area contributed by atoms with Crippen LogP contribution in [-0.2, 0) is 4.74 Å². The van der Waals surface area contributed by atoms with Crippen LogP contribution in [0, 0.1) is 0 Å². The van der Waals surface area contributed by atoms with E-state index in [9.17, 15) is 5.11 Å². The summed E-state index contributed by atoms with van der Waals surface area (Å²) in [7, 11) is 0. The Hall–Kier alpha value is -0.980. The smallest absolute Gasteiger partial charge is 0.246 e. The van der Waals surface area contributed by atoms with Crippen LogP contribution in [0.15, 0.2) is 4.52 Å². The fraction of sp³-hybridized carbons (Fsp3) is 0.818. The number of hydrogen-bond acceptors (Lipinski definition) is 6. The Morgan fingerprint density at radius 3 is 2.71 bits per heavy atom. The maximum absolute atomic E-state index is 9.34. The lowest BCUT2D eigenvalue weighted by Gasteiger charge is -2.11. The zero-order valence-corrected chi connectivity index (χ0v) is 10.6. The van der Waals surface area contributed by atoms with Crippen molar-refractivity contribution in [3.8, 4) is 0 Å². The highest BCUT2D eigenvalue weighted by atomic mass is 16.5. The molecule has 0 fully saturated rings. The van der Waals surface area contributed by atoms with E-state index in [1.54, 1.807) is 6.92 Å². The highest BCUT2D eigenvalue weighted by Gasteiger charge is 2.23. The molecule has 0 spiro atoms. The molecule has 1 rings (SSSR count). The van der Waals surface area contributed by atoms with E-state index >= 15 is 0 Å². The summed E-state index contributed by atoms with van der Waals surface area (Å²) in [6.45, 7) is 6.16. The molecule has 0 amide bonds. The van der Waals surface area contributed by atoms with Crippen molar-refractivity contribution in [1.82, 2.24) is 10.1 Å². The Morgan fingerprint density at radius 2 is 2.18 bits per heavy atom. The van der Waals surface area contributed by atoms with Crippen LogP contribution in [0.1, 0.15) is 57.5 Å². The van der Waals surface area contributed by atoms with Crippen molar-refractivity contribution >= 4 is 0 Å². The van der Waals surface area contributed by atoms with Gasteiger partial charge in [-0.15, -0.1) is 0 Å². The number of rotatable bonds is 7. The van der Waals surface area contributed by atoms with E-state index in [1.807, 2.05) is 6.92 Å². The second kappa shape index (κ2) is 6.68. The molecule has 1 heterocycles. The second-order valence-corrected chi connectivity index (χ2v) is 3.99. The molecule has 3 unspecified atom stereocenters. The van der Waals surface area contributed by atoms with Crippen molar-refractivity contribution in [2.45, 2.75) is 51.9 Å². The average molecular weight is 243 g/mol. The van der Waals surface area contributed by atoms with Crippen LogP contribution in [-0.4, -0.2) is 28.0 Å². The fourth-order valence-electron chi connectivity index (χ4n) is 1.47. The molecule has 1 aromatic heterocycles. The SMILES string of the molecule is CCCC(OCC)c1noc(C(N)C(C)O)n1. The first-order chi connectivity index (χ1) is 8.10. The Morgan fingerprint density at radius 1 is 1.47 bits per heavy atom. The molecule has 0 aliphatic carbocycles. The Balaban J connectivity index is 2.76. The molecule has 0 saturated heterocycles. The molecule has 6 heteroatoms. The van der Waals surface area contributed by atoms with Crippen molar-refractivity contribution < 1.29 is 14.4 Å². The summed E-state index contributed by atoms with van der Waals surface area (Å²) in [6.07, 6.45) is 0.914. The molecule has 0 saturated carbocycles. The lowest BCUT2D eigenvalue weighted by molar-refractivity contribution is 0.0477. The van der Waals surface area contributed by atoms with Crippen molar-refractivity contribution in [2.75, 3.05) is 6.61 Å². The summed E-state index contributed by atoms with van der Waals surface area (Å²) >= 11 is 0. The maximum Gasteiger partial charge on any atom is 0.246 e. The molecule has 0 aliphatic rings. The van der Waals surface area contributed by atoms with E-state index in [0.717, 1.165) is 12.8 Å². The third kappa shape index (κ3) is 3.76. The topological polar surface area (TPSA) is 94.4 Å². The van der Waals surface area contributed by atoms with E-state index in [-0.39, 0.29) is 12.0 Å². The van der Waals surface area contributed by atoms with Gasteiger partial charge < -0.3 is 20.1 Å². The van der Waals surface area contributed by atoms with Gasteiger partial charge in [0.15, 0.2) is 0 Å². The molecule has 3 atom stereocenters. The monoisotopic (exact) mass is 243 g/mol. The van der Waals surface area contributed by atoms with Gasteiger partial charge in [-0.25, -0.2) is 0 Å². The molecule has 0 radical (unpaired) electrons. The number of nitrogens with two attached hydrogens (primary N) is 1. The predicted molar refractivity (Wildman–Crippen MR) is 62.2 cm³/mol. The van der Waals surface area contributed by atoms with Crippen molar-refractivity contribution in [3.63, 3.8) is 0 Å². The van der Waals surface area contributed by atoms with Crippen molar-refractivity contribution in [2.24, 2.45) is 5.73 Å². The number of ether oxygens (including phenoxy) is 1. The molecule has 17 heavy (non-hydrogen) atoms. The molecule has 98 valence electrons. The van der Waals surface area contributed by atoms with E-state index < -0.39 is 12.1 Å². The minimum atomic E-state index is -0.722. The highest BCUT2D eigenvalue weighted by Crippen LogP contribution is 2.21. The van der Waals surface area contributed by atoms with Crippen LogP contribution in [0.5, 0.6) is 0 Å². The van der Waals surface area contributed by atoms with Gasteiger partial charge in [0, 0.05) is 6.61 Å². The first-order valence-corrected chi connectivity index (χ1v) is 5.98. The summed E-state index contributed by atoms with van der Waals surface area (Å²) in [4.78, 5) is 4.18. The summed E-state index contributed by atoms with van der Waals surface area (Å²) in [5.74, 6) is 0.746. The number of hydrogen-bond donors (Lipinski definition) is 2. The molecular weight excluding hydrogens is 222 g/mol. The molecule has 0 aromatic carbocycles. The Bertz CT molecular complexity index is 322. The summed E-state index contributed by atoms with van der Waals surface area (Å²) in [5, 5.41) is 13.2. The zero-order chi connectivity index (χ0) is 12.8. The van der Waals surface area contributed by atoms with Gasteiger partial charge in [0.25, 0.3) is 0 Å². The van der Waals surface area contributed by atoms with E-state index in [1.165, 1.54) is 0 Å². The minimum absolute atomic E-state index is 0.163. The average Bonchev–Trinajstić information content (AvgIpc) is 2.76. The Labute approximate surface area is 101 Å². The van der Waals surface area contributed by atoms with Gasteiger partial charge in [-0.05, 0) is 20.3 Å². The summed E-state index contributed by atoms with van der Waals surface area (Å²) in [5.41, 5.74) is 5.71. The van der Waals surface area contributed by atoms with Gasteiger partial charge in [-0.3, -0.25) is 0 Å². The lowest BCUT2D eigenvalue weighted by atomic mass is 10.2. The number of nitrogens with zero attached hydrogens (tertiary/aromatic N) is 2. The fourth-order valence-corrected chi connectivity index (χ4v) is 1.47. The predicted octanol–water partition coefficient (Wildman–Crippen LogP) is 1.33. The molecule has 0 bridgehead atoms. The Kier molecular flexibility index (Phi) is 5.54. The van der Waals surface area contributed by atoms with Crippen LogP contribution >= 0.6 is 0 Å². The van der Waals surface area contributed by atoms with Gasteiger partial charge in [0.2, 0.25) is 11.7 Å².